The summed E-state index contributed by atoms with van der Waals surface area (Å²) in [5, 5.41) is 35.1. The van der Waals surface area contributed by atoms with E-state index in [0.29, 0.717) is 32.2 Å². The number of ketones is 1. The van der Waals surface area contributed by atoms with Crippen LogP contribution >= 0.6 is 68.4 Å². The predicted molar refractivity (Wildman–Crippen MR) is 215 cm³/mol. The number of carboxylic acid groups (broad SMARTS) is 3. The average molecular weight is 805 g/mol. The van der Waals surface area contributed by atoms with Gasteiger partial charge in [0.2, 0.25) is 5.91 Å². The molecule has 3 atom stereocenters. The second-order valence-corrected chi connectivity index (χ2v) is 19.0. The lowest BCUT2D eigenvalue weighted by Crippen LogP contribution is -2.39. The van der Waals surface area contributed by atoms with Gasteiger partial charge in [-0.2, -0.15) is 12.6 Å². The summed E-state index contributed by atoms with van der Waals surface area (Å²) in [4.78, 5) is 58.5. The van der Waals surface area contributed by atoms with E-state index in [9.17, 15) is 34.2 Å². The van der Waals surface area contributed by atoms with E-state index in [2.05, 4.69) is 35.9 Å². The van der Waals surface area contributed by atoms with E-state index >= 15 is 0 Å². The van der Waals surface area contributed by atoms with Crippen molar-refractivity contribution in [1.82, 2.24) is 10.6 Å². The van der Waals surface area contributed by atoms with Crippen LogP contribution in [0.15, 0.2) is 0 Å². The Hall–Kier alpha value is -0.390. The second kappa shape index (κ2) is 34.7. The summed E-state index contributed by atoms with van der Waals surface area (Å²) in [6, 6.07) is -0.743. The number of carbonyl (C=O) groups is 5. The van der Waals surface area contributed by atoms with Gasteiger partial charge in [0.15, 0.2) is 0 Å². The van der Waals surface area contributed by atoms with E-state index in [-0.39, 0.29) is 42.1 Å². The molecule has 5 N–H and O–H groups in total. The summed E-state index contributed by atoms with van der Waals surface area (Å²) in [6.07, 6.45) is 17.7. The number of carbonyl (C=O) groups excluding carboxylic acids is 2. The first-order valence-corrected chi connectivity index (χ1v) is 23.6. The predicted octanol–water partition coefficient (Wildman–Crippen LogP) is 8.90. The number of amides is 1. The molecule has 0 saturated carbocycles. The summed E-state index contributed by atoms with van der Waals surface area (Å²) in [7, 11) is 6.38. The number of unbranched alkanes of at least 4 members (excludes halogenated alkanes) is 14. The third-order valence-corrected chi connectivity index (χ3v) is 14.8. The van der Waals surface area contributed by atoms with E-state index in [1.54, 1.807) is 32.4 Å². The van der Waals surface area contributed by atoms with Gasteiger partial charge in [0.25, 0.3) is 0 Å². The minimum atomic E-state index is -1.06. The first-order chi connectivity index (χ1) is 23.6. The third kappa shape index (κ3) is 33.2. The van der Waals surface area contributed by atoms with E-state index in [1.165, 1.54) is 55.7 Å². The Morgan fingerprint density at radius 2 is 1.16 bits per heavy atom. The van der Waals surface area contributed by atoms with Gasteiger partial charge < -0.3 is 20.6 Å². The number of Topliss-reactive ketones (excluding diaryl/α,β-unsaturated/α-hetero) is 1. The van der Waals surface area contributed by atoms with Crippen molar-refractivity contribution < 1.29 is 39.3 Å². The molecule has 1 unspecified atom stereocenters. The van der Waals surface area contributed by atoms with Crippen molar-refractivity contribution in [3.05, 3.63) is 0 Å². The summed E-state index contributed by atoms with van der Waals surface area (Å²) in [6.45, 7) is 0.371. The first-order valence-electron chi connectivity index (χ1n) is 17.6. The molecule has 0 saturated heterocycles. The van der Waals surface area contributed by atoms with Crippen LogP contribution in [0, 0.1) is 5.92 Å². The van der Waals surface area contributed by atoms with Crippen LogP contribution in [-0.4, -0.2) is 72.4 Å². The van der Waals surface area contributed by atoms with E-state index in [0.717, 1.165) is 55.1 Å². The molecule has 0 aliphatic carbocycles. The molecule has 0 heterocycles. The molecule has 16 heteroatoms. The monoisotopic (exact) mass is 804 g/mol. The van der Waals surface area contributed by atoms with Crippen molar-refractivity contribution in [2.45, 2.75) is 152 Å². The normalized spacial score (nSPS) is 13.1. The van der Waals surface area contributed by atoms with Crippen LogP contribution in [0.5, 0.6) is 0 Å². The standard InChI is InChI=1S/C33H60N2O8S6/c36-27(17-13-11-9-7-5-3-1-2-4-6-8-10-12-14-19-30(38)39)23-26(31(40)41)20-21-29(37)34-22-16-15-18-28(32(42)43)35-33(45)49-48-25-47-46-24-44/h26,28,33,35,44-45H,1-25H2,(H,34,37)(H,38,39)(H,40,41)(H,42,43)/t26-,28+,33?/m1/s1. The number of rotatable bonds is 37. The van der Waals surface area contributed by atoms with Crippen molar-refractivity contribution >= 4 is 98.0 Å². The zero-order valence-corrected chi connectivity index (χ0v) is 33.9. The molecule has 0 radical (unpaired) electrons. The molecule has 49 heavy (non-hydrogen) atoms. The fourth-order valence-corrected chi connectivity index (χ4v) is 10.9. The molecule has 0 aromatic rings. The summed E-state index contributed by atoms with van der Waals surface area (Å²) in [5.41, 5.74) is 0. The zero-order chi connectivity index (χ0) is 36.5. The number of hydrogen-bond donors (Lipinski definition) is 7. The number of aliphatic carboxylic acids is 3. The quantitative estimate of drug-likeness (QED) is 0.0138. The van der Waals surface area contributed by atoms with Crippen molar-refractivity contribution in [3.8, 4) is 0 Å². The number of nitrogens with one attached hydrogen (secondary N) is 2. The van der Waals surface area contributed by atoms with Crippen LogP contribution in [0.3, 0.4) is 0 Å². The molecule has 0 aromatic heterocycles. The lowest BCUT2D eigenvalue weighted by Gasteiger charge is -2.18. The molecular weight excluding hydrogens is 745 g/mol. The average Bonchev–Trinajstić information content (AvgIpc) is 3.05. The summed E-state index contributed by atoms with van der Waals surface area (Å²) in [5.74, 6) is -3.92. The first kappa shape index (κ1) is 48.6. The highest BCUT2D eigenvalue weighted by molar-refractivity contribution is 8.86. The maximum atomic E-state index is 12.4. The Kier molecular flexibility index (Phi) is 34.4. The lowest BCUT2D eigenvalue weighted by atomic mass is 9.94. The fourth-order valence-electron chi connectivity index (χ4n) is 5.17. The minimum absolute atomic E-state index is 0.0269. The van der Waals surface area contributed by atoms with E-state index in [4.69, 9.17) is 5.11 Å². The van der Waals surface area contributed by atoms with Crippen molar-refractivity contribution in [3.63, 3.8) is 0 Å². The summed E-state index contributed by atoms with van der Waals surface area (Å²) >= 11 is 8.55. The number of hydrogen-bond acceptors (Lipinski definition) is 12. The van der Waals surface area contributed by atoms with Gasteiger partial charge in [-0.25, -0.2) is 0 Å². The molecular formula is C33H60N2O8S6. The van der Waals surface area contributed by atoms with Gasteiger partial charge in [-0.3, -0.25) is 29.3 Å². The molecule has 0 bridgehead atoms. The zero-order valence-electron chi connectivity index (χ0n) is 28.8. The lowest BCUT2D eigenvalue weighted by molar-refractivity contribution is -0.144. The molecule has 0 rings (SSSR count). The second-order valence-electron chi connectivity index (χ2n) is 12.1. The fraction of sp³-hybridized carbons (Fsp3) is 0.848. The van der Waals surface area contributed by atoms with Crippen LogP contribution in [-0.2, 0) is 24.0 Å². The van der Waals surface area contributed by atoms with Crippen LogP contribution in [0.4, 0.5) is 0 Å². The highest BCUT2D eigenvalue weighted by atomic mass is 33.1. The SMILES string of the molecule is O=C(O)CCCCCCCCCCCCCCCCC(=O)C[C@@H](CCC(=O)NCCCC[C@H](NC(S)SSCSSCS)C(=O)O)C(=O)O. The van der Waals surface area contributed by atoms with Crippen molar-refractivity contribution in [2.75, 3.05) is 16.7 Å². The molecule has 0 spiro atoms. The largest absolute Gasteiger partial charge is 0.481 e. The Balaban J connectivity index is 3.91. The van der Waals surface area contributed by atoms with Gasteiger partial charge in [0.05, 0.1) is 11.0 Å². The molecule has 0 aliphatic rings. The van der Waals surface area contributed by atoms with Gasteiger partial charge in [0, 0.05) is 37.3 Å². The maximum absolute atomic E-state index is 12.4. The van der Waals surface area contributed by atoms with Crippen LogP contribution < -0.4 is 10.6 Å². The van der Waals surface area contributed by atoms with Gasteiger partial charge in [-0.15, -0.1) is 12.6 Å². The molecule has 0 aliphatic heterocycles. The Labute approximate surface area is 320 Å². The molecule has 0 aromatic carbocycles. The third-order valence-electron chi connectivity index (χ3n) is 7.91. The van der Waals surface area contributed by atoms with E-state index < -0.39 is 29.9 Å². The van der Waals surface area contributed by atoms with Gasteiger partial charge in [0.1, 0.15) is 16.5 Å². The Morgan fingerprint density at radius 3 is 1.67 bits per heavy atom. The van der Waals surface area contributed by atoms with Crippen LogP contribution in [0.1, 0.15) is 141 Å². The summed E-state index contributed by atoms with van der Waals surface area (Å²) < 4.78 is -0.329. The van der Waals surface area contributed by atoms with Crippen molar-refractivity contribution in [2.24, 2.45) is 5.92 Å². The smallest absolute Gasteiger partial charge is 0.320 e. The number of carboxylic acids is 3. The molecule has 1 amide bonds. The minimum Gasteiger partial charge on any atom is -0.481 e. The van der Waals surface area contributed by atoms with Gasteiger partial charge in [-0.05, 0) is 38.5 Å². The molecule has 286 valence electrons. The van der Waals surface area contributed by atoms with Gasteiger partial charge >= 0.3 is 17.9 Å². The van der Waals surface area contributed by atoms with Crippen molar-refractivity contribution in [1.29, 1.82) is 0 Å². The topological polar surface area (TPSA) is 170 Å². The highest BCUT2D eigenvalue weighted by Crippen LogP contribution is 2.35. The van der Waals surface area contributed by atoms with E-state index in [1.807, 2.05) is 0 Å². The molecule has 10 nitrogen and oxygen atoms in total. The number of thiol groups is 2. The van der Waals surface area contributed by atoms with Crippen LogP contribution in [0.2, 0.25) is 0 Å². The molecule has 0 fully saturated rings. The highest BCUT2D eigenvalue weighted by Gasteiger charge is 2.22. The maximum Gasteiger partial charge on any atom is 0.320 e. The van der Waals surface area contributed by atoms with Crippen LogP contribution in [0.25, 0.3) is 0 Å². The Morgan fingerprint density at radius 1 is 0.612 bits per heavy atom. The van der Waals surface area contributed by atoms with Gasteiger partial charge in [-0.1, -0.05) is 120 Å². The Bertz CT molecular complexity index is 905.